The van der Waals surface area contributed by atoms with Crippen LogP contribution in [0.25, 0.3) is 17.0 Å². The fraction of sp³-hybridized carbons (Fsp3) is 0.167. The molecule has 0 fully saturated rings. The molecule has 3 heterocycles. The number of amides is 1. The van der Waals surface area contributed by atoms with Gasteiger partial charge in [-0.25, -0.2) is 4.39 Å². The molecule has 0 spiro atoms. The largest absolute Gasteiger partial charge is 0.349 e. The summed E-state index contributed by atoms with van der Waals surface area (Å²) < 4.78 is 19.9. The van der Waals surface area contributed by atoms with E-state index in [4.69, 9.17) is 4.52 Å². The van der Waals surface area contributed by atoms with Gasteiger partial charge in [-0.15, -0.1) is 10.2 Å². The third-order valence-corrected chi connectivity index (χ3v) is 3.96. The Morgan fingerprint density at radius 1 is 1.15 bits per heavy atom. The van der Waals surface area contributed by atoms with Crippen molar-refractivity contribution >= 4 is 11.6 Å². The van der Waals surface area contributed by atoms with Crippen molar-refractivity contribution < 1.29 is 13.7 Å². The molecule has 0 saturated carbocycles. The number of rotatable bonds is 6. The Morgan fingerprint density at radius 3 is 2.85 bits per heavy atom. The molecule has 0 radical (unpaired) electrons. The number of pyridine rings is 1. The predicted octanol–water partition coefficient (Wildman–Crippen LogP) is 2.17. The van der Waals surface area contributed by atoms with Gasteiger partial charge in [0.15, 0.2) is 11.5 Å². The van der Waals surface area contributed by atoms with E-state index < -0.39 is 0 Å². The molecule has 1 aromatic carbocycles. The van der Waals surface area contributed by atoms with Crippen LogP contribution in [0.1, 0.15) is 18.1 Å². The van der Waals surface area contributed by atoms with Crippen LogP contribution in [0.5, 0.6) is 0 Å². The monoisotopic (exact) mass is 366 g/mol. The lowest BCUT2D eigenvalue weighted by molar-refractivity contribution is -0.121. The number of aromatic nitrogens is 5. The molecule has 4 rings (SSSR count). The Morgan fingerprint density at radius 2 is 2.00 bits per heavy atom. The first-order valence-corrected chi connectivity index (χ1v) is 8.33. The van der Waals surface area contributed by atoms with E-state index in [1.165, 1.54) is 12.1 Å². The van der Waals surface area contributed by atoms with E-state index in [1.807, 2.05) is 28.8 Å². The summed E-state index contributed by atoms with van der Waals surface area (Å²) in [4.78, 5) is 16.3. The minimum absolute atomic E-state index is 0.163. The van der Waals surface area contributed by atoms with Crippen molar-refractivity contribution in [2.24, 2.45) is 0 Å². The minimum atomic E-state index is -0.334. The van der Waals surface area contributed by atoms with E-state index in [0.29, 0.717) is 29.5 Å². The molecule has 0 atom stereocenters. The topological polar surface area (TPSA) is 98.2 Å². The van der Waals surface area contributed by atoms with Gasteiger partial charge in [0.05, 0.1) is 6.54 Å². The molecule has 1 N–H and O–H groups in total. The lowest BCUT2D eigenvalue weighted by Crippen LogP contribution is -2.24. The Labute approximate surface area is 153 Å². The van der Waals surface area contributed by atoms with Crippen LogP contribution in [-0.4, -0.2) is 30.6 Å². The summed E-state index contributed by atoms with van der Waals surface area (Å²) in [6, 6.07) is 11.4. The Hall–Kier alpha value is -3.62. The lowest BCUT2D eigenvalue weighted by Gasteiger charge is -2.02. The molecule has 1 amide bonds. The molecule has 4 aromatic rings. The van der Waals surface area contributed by atoms with Crippen LogP contribution in [0.3, 0.4) is 0 Å². The molecular weight excluding hydrogens is 351 g/mol. The zero-order chi connectivity index (χ0) is 18.6. The Bertz CT molecular complexity index is 1070. The third kappa shape index (κ3) is 3.81. The van der Waals surface area contributed by atoms with Gasteiger partial charge in [0, 0.05) is 24.6 Å². The molecule has 27 heavy (non-hydrogen) atoms. The number of halogens is 1. The van der Waals surface area contributed by atoms with Crippen molar-refractivity contribution in [3.8, 4) is 11.4 Å². The molecule has 0 saturated heterocycles. The summed E-state index contributed by atoms with van der Waals surface area (Å²) in [5, 5.41) is 14.7. The fourth-order valence-corrected chi connectivity index (χ4v) is 2.57. The second-order valence-corrected chi connectivity index (χ2v) is 5.84. The number of fused-ring (bicyclic) bond motifs is 1. The van der Waals surface area contributed by atoms with Crippen LogP contribution in [0.4, 0.5) is 4.39 Å². The lowest BCUT2D eigenvalue weighted by atomic mass is 10.2. The smallest absolute Gasteiger partial charge is 0.227 e. The van der Waals surface area contributed by atoms with Crippen molar-refractivity contribution in [1.29, 1.82) is 0 Å². The van der Waals surface area contributed by atoms with Gasteiger partial charge in [-0.2, -0.15) is 4.98 Å². The SMILES string of the molecule is O=C(CCc1nc(-c2ccc(F)cc2)no1)NCc1nnc2ccccn12. The number of carbonyl (C=O) groups is 1. The number of nitrogens with zero attached hydrogens (tertiary/aromatic N) is 5. The highest BCUT2D eigenvalue weighted by atomic mass is 19.1. The number of benzene rings is 1. The van der Waals surface area contributed by atoms with E-state index in [1.54, 1.807) is 12.1 Å². The zero-order valence-electron chi connectivity index (χ0n) is 14.2. The maximum absolute atomic E-state index is 13.0. The molecule has 0 bridgehead atoms. The van der Waals surface area contributed by atoms with Crippen LogP contribution in [0.2, 0.25) is 0 Å². The first-order valence-electron chi connectivity index (χ1n) is 8.33. The molecule has 3 aromatic heterocycles. The first-order chi connectivity index (χ1) is 13.2. The van der Waals surface area contributed by atoms with Crippen molar-refractivity contribution in [2.75, 3.05) is 0 Å². The number of aryl methyl sites for hydroxylation is 1. The number of carbonyl (C=O) groups excluding carboxylic acids is 1. The fourth-order valence-electron chi connectivity index (χ4n) is 2.57. The van der Waals surface area contributed by atoms with Crippen LogP contribution in [0, 0.1) is 5.82 Å². The minimum Gasteiger partial charge on any atom is -0.349 e. The molecular formula is C18H15FN6O2. The van der Waals surface area contributed by atoms with Gasteiger partial charge in [0.2, 0.25) is 17.6 Å². The van der Waals surface area contributed by atoms with E-state index >= 15 is 0 Å². The summed E-state index contributed by atoms with van der Waals surface area (Å²) in [6.07, 6.45) is 2.34. The van der Waals surface area contributed by atoms with Crippen LogP contribution >= 0.6 is 0 Å². The van der Waals surface area contributed by atoms with E-state index in [2.05, 4.69) is 25.7 Å². The van der Waals surface area contributed by atoms with E-state index in [9.17, 15) is 9.18 Å². The normalized spacial score (nSPS) is 11.0. The van der Waals surface area contributed by atoms with Crippen molar-refractivity contribution in [1.82, 2.24) is 30.1 Å². The summed E-state index contributed by atoms with van der Waals surface area (Å²) in [5.41, 5.74) is 1.37. The highest BCUT2D eigenvalue weighted by molar-refractivity contribution is 5.75. The Balaban J connectivity index is 1.31. The summed E-state index contributed by atoms with van der Waals surface area (Å²) in [6.45, 7) is 0.272. The van der Waals surface area contributed by atoms with Gasteiger partial charge in [0.1, 0.15) is 5.82 Å². The number of hydrogen-bond acceptors (Lipinski definition) is 6. The molecule has 0 aliphatic heterocycles. The average Bonchev–Trinajstić information content (AvgIpc) is 3.32. The van der Waals surface area contributed by atoms with Gasteiger partial charge >= 0.3 is 0 Å². The molecule has 9 heteroatoms. The van der Waals surface area contributed by atoms with Crippen molar-refractivity contribution in [3.63, 3.8) is 0 Å². The quantitative estimate of drug-likeness (QED) is 0.562. The van der Waals surface area contributed by atoms with Crippen LogP contribution < -0.4 is 5.32 Å². The number of hydrogen-bond donors (Lipinski definition) is 1. The number of nitrogens with one attached hydrogen (secondary N) is 1. The van der Waals surface area contributed by atoms with Crippen molar-refractivity contribution in [3.05, 3.63) is 66.2 Å². The second-order valence-electron chi connectivity index (χ2n) is 5.84. The Kier molecular flexibility index (Phi) is 4.56. The second kappa shape index (κ2) is 7.32. The van der Waals surface area contributed by atoms with Crippen molar-refractivity contribution in [2.45, 2.75) is 19.4 Å². The summed E-state index contributed by atoms with van der Waals surface area (Å²) in [5.74, 6) is 0.858. The third-order valence-electron chi connectivity index (χ3n) is 3.96. The standard InChI is InChI=1S/C18H15FN6O2/c19-13-6-4-12(5-7-13)18-21-17(27-24-18)9-8-16(26)20-11-15-23-22-14-3-1-2-10-25(14)15/h1-7,10H,8-9,11H2,(H,20,26). The van der Waals surface area contributed by atoms with Crippen LogP contribution in [-0.2, 0) is 17.8 Å². The molecule has 0 aliphatic rings. The van der Waals surface area contributed by atoms with Crippen LogP contribution in [0.15, 0.2) is 53.2 Å². The maximum atomic E-state index is 13.0. The van der Waals surface area contributed by atoms with Gasteiger partial charge in [-0.3, -0.25) is 9.20 Å². The highest BCUT2D eigenvalue weighted by Crippen LogP contribution is 2.16. The highest BCUT2D eigenvalue weighted by Gasteiger charge is 2.12. The molecule has 0 aliphatic carbocycles. The van der Waals surface area contributed by atoms with Gasteiger partial charge < -0.3 is 9.84 Å². The first kappa shape index (κ1) is 16.8. The zero-order valence-corrected chi connectivity index (χ0v) is 14.2. The maximum Gasteiger partial charge on any atom is 0.227 e. The molecule has 0 unspecified atom stereocenters. The average molecular weight is 366 g/mol. The molecule has 8 nitrogen and oxygen atoms in total. The van der Waals surface area contributed by atoms with E-state index in [-0.39, 0.29) is 24.7 Å². The van der Waals surface area contributed by atoms with Gasteiger partial charge in [-0.05, 0) is 36.4 Å². The van der Waals surface area contributed by atoms with Gasteiger partial charge in [-0.1, -0.05) is 11.2 Å². The van der Waals surface area contributed by atoms with Gasteiger partial charge in [0.25, 0.3) is 0 Å². The predicted molar refractivity (Wildman–Crippen MR) is 92.8 cm³/mol. The molecule has 136 valence electrons. The summed E-state index contributed by atoms with van der Waals surface area (Å²) in [7, 11) is 0. The summed E-state index contributed by atoms with van der Waals surface area (Å²) >= 11 is 0. The van der Waals surface area contributed by atoms with E-state index in [0.717, 1.165) is 5.65 Å².